The van der Waals surface area contributed by atoms with E-state index >= 15 is 0 Å². The molecule has 0 bridgehead atoms. The van der Waals surface area contributed by atoms with Crippen molar-refractivity contribution in [1.82, 2.24) is 0 Å². The van der Waals surface area contributed by atoms with Crippen LogP contribution in [0.1, 0.15) is 17.3 Å². The van der Waals surface area contributed by atoms with Crippen molar-refractivity contribution in [3.05, 3.63) is 33.9 Å². The highest BCUT2D eigenvalue weighted by molar-refractivity contribution is 7.99. The SMILES string of the molecule is CC(CO)CSc1ccc([N+](=O)[O-])cc1C(=O)O. The molecule has 0 spiro atoms. The maximum atomic E-state index is 11.0. The number of non-ortho nitro benzene ring substituents is 1. The van der Waals surface area contributed by atoms with Crippen LogP contribution in [0.15, 0.2) is 23.1 Å². The summed E-state index contributed by atoms with van der Waals surface area (Å²) in [6.45, 7) is 1.85. The van der Waals surface area contributed by atoms with Gasteiger partial charge in [-0.1, -0.05) is 6.92 Å². The average Bonchev–Trinajstić information content (AvgIpc) is 2.35. The summed E-state index contributed by atoms with van der Waals surface area (Å²) in [7, 11) is 0. The van der Waals surface area contributed by atoms with E-state index in [1.807, 2.05) is 6.92 Å². The minimum absolute atomic E-state index is 0.0163. The summed E-state index contributed by atoms with van der Waals surface area (Å²) in [6.07, 6.45) is 0. The predicted octanol–water partition coefficient (Wildman–Crippen LogP) is 2.01. The highest BCUT2D eigenvalue weighted by atomic mass is 32.2. The van der Waals surface area contributed by atoms with Crippen LogP contribution in [0.5, 0.6) is 0 Å². The Morgan fingerprint density at radius 3 is 2.72 bits per heavy atom. The Balaban J connectivity index is 2.97. The van der Waals surface area contributed by atoms with Crippen molar-refractivity contribution in [3.8, 4) is 0 Å². The average molecular weight is 271 g/mol. The first-order chi connectivity index (χ1) is 8.45. The first-order valence-electron chi connectivity index (χ1n) is 5.21. The Bertz CT molecular complexity index is 463. The molecule has 0 aliphatic carbocycles. The molecule has 0 saturated carbocycles. The molecule has 2 N–H and O–H groups in total. The highest BCUT2D eigenvalue weighted by Gasteiger charge is 2.16. The Morgan fingerprint density at radius 2 is 2.22 bits per heavy atom. The summed E-state index contributed by atoms with van der Waals surface area (Å²) in [6, 6.07) is 3.75. The quantitative estimate of drug-likeness (QED) is 0.466. The minimum atomic E-state index is -1.20. The van der Waals surface area contributed by atoms with Crippen molar-refractivity contribution in [2.24, 2.45) is 5.92 Å². The van der Waals surface area contributed by atoms with Gasteiger partial charge in [-0.15, -0.1) is 11.8 Å². The lowest BCUT2D eigenvalue weighted by Gasteiger charge is -2.09. The van der Waals surface area contributed by atoms with Crippen LogP contribution in [0.2, 0.25) is 0 Å². The molecule has 18 heavy (non-hydrogen) atoms. The highest BCUT2D eigenvalue weighted by Crippen LogP contribution is 2.28. The van der Waals surface area contributed by atoms with Crippen molar-refractivity contribution >= 4 is 23.4 Å². The van der Waals surface area contributed by atoms with Gasteiger partial charge in [-0.3, -0.25) is 10.1 Å². The molecule has 0 saturated heterocycles. The molecule has 1 atom stereocenters. The van der Waals surface area contributed by atoms with Crippen molar-refractivity contribution in [1.29, 1.82) is 0 Å². The molecule has 1 rings (SSSR count). The molecule has 0 aliphatic rings. The number of nitrogens with zero attached hydrogens (tertiary/aromatic N) is 1. The maximum Gasteiger partial charge on any atom is 0.337 e. The molecular weight excluding hydrogens is 258 g/mol. The zero-order valence-corrected chi connectivity index (χ0v) is 10.5. The van der Waals surface area contributed by atoms with Gasteiger partial charge in [-0.2, -0.15) is 0 Å². The molecular formula is C11H13NO5S. The molecule has 1 aromatic rings. The van der Waals surface area contributed by atoms with Gasteiger partial charge >= 0.3 is 5.97 Å². The number of hydrogen-bond acceptors (Lipinski definition) is 5. The standard InChI is InChI=1S/C11H13NO5S/c1-7(5-13)6-18-10-3-2-8(12(16)17)4-9(10)11(14)15/h2-4,7,13H,5-6H2,1H3,(H,14,15). The second kappa shape index (κ2) is 6.36. The first-order valence-corrected chi connectivity index (χ1v) is 6.19. The molecule has 1 aromatic carbocycles. The van der Waals surface area contributed by atoms with E-state index in [1.54, 1.807) is 0 Å². The maximum absolute atomic E-state index is 11.0. The van der Waals surface area contributed by atoms with Crippen molar-refractivity contribution in [2.75, 3.05) is 12.4 Å². The van der Waals surface area contributed by atoms with E-state index in [1.165, 1.54) is 23.9 Å². The molecule has 98 valence electrons. The van der Waals surface area contributed by atoms with Crippen LogP contribution in [0.3, 0.4) is 0 Å². The molecule has 1 unspecified atom stereocenters. The van der Waals surface area contributed by atoms with Gasteiger partial charge in [0.05, 0.1) is 10.5 Å². The fraction of sp³-hybridized carbons (Fsp3) is 0.364. The van der Waals surface area contributed by atoms with Crippen LogP contribution < -0.4 is 0 Å². The summed E-state index contributed by atoms with van der Waals surface area (Å²) in [5.41, 5.74) is -0.328. The number of carbonyl (C=O) groups is 1. The third-order valence-corrected chi connectivity index (χ3v) is 3.64. The topological polar surface area (TPSA) is 101 Å². The lowest BCUT2D eigenvalue weighted by Crippen LogP contribution is -2.05. The fourth-order valence-corrected chi connectivity index (χ4v) is 2.24. The van der Waals surface area contributed by atoms with E-state index in [0.29, 0.717) is 10.6 Å². The number of nitro groups is 1. The van der Waals surface area contributed by atoms with Gasteiger partial charge in [0.15, 0.2) is 0 Å². The van der Waals surface area contributed by atoms with E-state index in [9.17, 15) is 14.9 Å². The molecule has 6 nitrogen and oxygen atoms in total. The van der Waals surface area contributed by atoms with Crippen LogP contribution in [0.4, 0.5) is 5.69 Å². The number of nitro benzene ring substituents is 1. The van der Waals surface area contributed by atoms with E-state index in [2.05, 4.69) is 0 Å². The second-order valence-corrected chi connectivity index (χ2v) is 4.90. The zero-order valence-electron chi connectivity index (χ0n) is 9.70. The Kier molecular flexibility index (Phi) is 5.11. The number of aliphatic hydroxyl groups excluding tert-OH is 1. The number of hydrogen-bond donors (Lipinski definition) is 2. The van der Waals surface area contributed by atoms with Crippen LogP contribution in [0, 0.1) is 16.0 Å². The zero-order chi connectivity index (χ0) is 13.7. The minimum Gasteiger partial charge on any atom is -0.478 e. The van der Waals surface area contributed by atoms with Crippen molar-refractivity contribution in [3.63, 3.8) is 0 Å². The first kappa shape index (κ1) is 14.5. The lowest BCUT2D eigenvalue weighted by molar-refractivity contribution is -0.384. The number of rotatable bonds is 6. The Hall–Kier alpha value is -1.60. The molecule has 0 amide bonds. The largest absolute Gasteiger partial charge is 0.478 e. The van der Waals surface area contributed by atoms with Crippen LogP contribution in [0.25, 0.3) is 0 Å². The number of thioether (sulfide) groups is 1. The van der Waals surface area contributed by atoms with E-state index in [0.717, 1.165) is 6.07 Å². The fourth-order valence-electron chi connectivity index (χ4n) is 1.21. The van der Waals surface area contributed by atoms with E-state index in [4.69, 9.17) is 10.2 Å². The third-order valence-electron chi connectivity index (χ3n) is 2.24. The Labute approximate surface area is 108 Å². The monoisotopic (exact) mass is 271 g/mol. The molecule has 0 fully saturated rings. The molecule has 0 radical (unpaired) electrons. The van der Waals surface area contributed by atoms with Gasteiger partial charge < -0.3 is 10.2 Å². The van der Waals surface area contributed by atoms with Crippen LogP contribution in [-0.2, 0) is 0 Å². The summed E-state index contributed by atoms with van der Waals surface area (Å²) in [5, 5.41) is 28.5. The summed E-state index contributed by atoms with van der Waals surface area (Å²) < 4.78 is 0. The summed E-state index contributed by atoms with van der Waals surface area (Å²) >= 11 is 1.27. The Morgan fingerprint density at radius 1 is 1.56 bits per heavy atom. The molecule has 0 aromatic heterocycles. The third kappa shape index (κ3) is 3.71. The number of aromatic carboxylic acids is 1. The number of aliphatic hydroxyl groups is 1. The van der Waals surface area contributed by atoms with Crippen molar-refractivity contribution in [2.45, 2.75) is 11.8 Å². The molecule has 0 aliphatic heterocycles. The summed E-state index contributed by atoms with van der Waals surface area (Å²) in [4.78, 5) is 21.4. The van der Waals surface area contributed by atoms with Gasteiger partial charge in [0.25, 0.3) is 5.69 Å². The van der Waals surface area contributed by atoms with Gasteiger partial charge in [0, 0.05) is 29.4 Å². The smallest absolute Gasteiger partial charge is 0.337 e. The lowest BCUT2D eigenvalue weighted by atomic mass is 10.2. The number of carboxylic acid groups (broad SMARTS) is 1. The van der Waals surface area contributed by atoms with Crippen molar-refractivity contribution < 1.29 is 19.9 Å². The van der Waals surface area contributed by atoms with Gasteiger partial charge in [-0.25, -0.2) is 4.79 Å². The molecule has 0 heterocycles. The second-order valence-electron chi connectivity index (χ2n) is 3.84. The van der Waals surface area contributed by atoms with E-state index < -0.39 is 10.9 Å². The predicted molar refractivity (Wildman–Crippen MR) is 67.0 cm³/mol. The van der Waals surface area contributed by atoms with Crippen LogP contribution >= 0.6 is 11.8 Å². The van der Waals surface area contributed by atoms with E-state index in [-0.39, 0.29) is 23.8 Å². The van der Waals surface area contributed by atoms with Gasteiger partial charge in [0.2, 0.25) is 0 Å². The number of benzene rings is 1. The van der Waals surface area contributed by atoms with Crippen LogP contribution in [-0.4, -0.2) is 33.5 Å². The van der Waals surface area contributed by atoms with Gasteiger partial charge in [-0.05, 0) is 12.0 Å². The normalized spacial score (nSPS) is 12.1. The molecule has 7 heteroatoms. The van der Waals surface area contributed by atoms with Gasteiger partial charge in [0.1, 0.15) is 0 Å². The number of carboxylic acids is 1. The summed E-state index contributed by atoms with van der Waals surface area (Å²) in [5.74, 6) is -0.612.